The van der Waals surface area contributed by atoms with E-state index in [2.05, 4.69) is 28.3 Å². The van der Waals surface area contributed by atoms with Crippen LogP contribution in [-0.2, 0) is 6.54 Å². The van der Waals surface area contributed by atoms with Gasteiger partial charge >= 0.3 is 0 Å². The molecule has 0 aromatic carbocycles. The zero-order chi connectivity index (χ0) is 10.5. The van der Waals surface area contributed by atoms with Crippen LogP contribution in [0.2, 0.25) is 0 Å². The normalized spacial score (nSPS) is 22.1. The minimum Gasteiger partial charge on any atom is -0.311 e. The molecule has 1 aromatic heterocycles. The minimum absolute atomic E-state index is 0.724. The van der Waals surface area contributed by atoms with Crippen LogP contribution in [0.15, 0.2) is 24.5 Å². The molecular formula is C12H19N3. The summed E-state index contributed by atoms with van der Waals surface area (Å²) < 4.78 is 0. The topological polar surface area (TPSA) is 28.2 Å². The molecule has 1 fully saturated rings. The molecule has 0 saturated carbocycles. The predicted octanol–water partition coefficient (Wildman–Crippen LogP) is 1.27. The van der Waals surface area contributed by atoms with E-state index in [0.29, 0.717) is 0 Å². The maximum atomic E-state index is 4.10. The van der Waals surface area contributed by atoms with E-state index in [0.717, 1.165) is 19.1 Å². The van der Waals surface area contributed by atoms with E-state index in [1.165, 1.54) is 24.9 Å². The Balaban J connectivity index is 1.71. The fourth-order valence-electron chi connectivity index (χ4n) is 2.12. The first-order valence-corrected chi connectivity index (χ1v) is 5.66. The Labute approximate surface area is 91.5 Å². The Morgan fingerprint density at radius 2 is 2.53 bits per heavy atom. The molecule has 0 unspecified atom stereocenters. The van der Waals surface area contributed by atoms with E-state index in [1.807, 2.05) is 18.5 Å². The lowest BCUT2D eigenvalue weighted by atomic mass is 10.2. The molecule has 1 aliphatic heterocycles. The van der Waals surface area contributed by atoms with Gasteiger partial charge in [0.2, 0.25) is 0 Å². The molecule has 0 radical (unpaired) electrons. The number of hydrogen-bond donors (Lipinski definition) is 1. The monoisotopic (exact) mass is 205 g/mol. The number of pyridine rings is 1. The lowest BCUT2D eigenvalue weighted by molar-refractivity contribution is 0.300. The van der Waals surface area contributed by atoms with Crippen LogP contribution in [-0.4, -0.2) is 36.1 Å². The second kappa shape index (κ2) is 5.24. The highest BCUT2D eigenvalue weighted by atomic mass is 15.2. The smallest absolute Gasteiger partial charge is 0.0312 e. The number of likely N-dealkylation sites (tertiary alicyclic amines) is 1. The summed E-state index contributed by atoms with van der Waals surface area (Å²) in [4.78, 5) is 6.54. The van der Waals surface area contributed by atoms with Gasteiger partial charge in [0, 0.05) is 31.5 Å². The second-order valence-electron chi connectivity index (χ2n) is 4.27. The highest BCUT2D eigenvalue weighted by Gasteiger charge is 2.19. The molecule has 0 bridgehead atoms. The van der Waals surface area contributed by atoms with Gasteiger partial charge in [0.05, 0.1) is 0 Å². The molecule has 2 heterocycles. The maximum absolute atomic E-state index is 4.10. The van der Waals surface area contributed by atoms with Gasteiger partial charge in [-0.25, -0.2) is 0 Å². The largest absolute Gasteiger partial charge is 0.311 e. The van der Waals surface area contributed by atoms with Crippen LogP contribution >= 0.6 is 0 Å². The molecule has 1 N–H and O–H groups in total. The summed E-state index contributed by atoms with van der Waals surface area (Å²) in [7, 11) is 2.21. The Morgan fingerprint density at radius 1 is 1.60 bits per heavy atom. The molecule has 1 saturated heterocycles. The summed E-state index contributed by atoms with van der Waals surface area (Å²) in [5, 5.41) is 3.49. The van der Waals surface area contributed by atoms with Crippen LogP contribution in [0.4, 0.5) is 0 Å². The maximum Gasteiger partial charge on any atom is 0.0312 e. The molecule has 3 nitrogen and oxygen atoms in total. The number of likely N-dealkylation sites (N-methyl/N-ethyl adjacent to an activating group) is 1. The third-order valence-corrected chi connectivity index (χ3v) is 3.10. The van der Waals surface area contributed by atoms with Crippen LogP contribution in [0.1, 0.15) is 18.4 Å². The zero-order valence-corrected chi connectivity index (χ0v) is 9.32. The zero-order valence-electron chi connectivity index (χ0n) is 9.32. The second-order valence-corrected chi connectivity index (χ2v) is 4.27. The number of hydrogen-bond acceptors (Lipinski definition) is 3. The van der Waals surface area contributed by atoms with Crippen molar-refractivity contribution in [1.29, 1.82) is 0 Å². The van der Waals surface area contributed by atoms with Crippen molar-refractivity contribution >= 4 is 0 Å². The summed E-state index contributed by atoms with van der Waals surface area (Å²) >= 11 is 0. The minimum atomic E-state index is 0.724. The number of rotatable bonds is 4. The van der Waals surface area contributed by atoms with Gasteiger partial charge in [0.15, 0.2) is 0 Å². The van der Waals surface area contributed by atoms with Gasteiger partial charge in [0.25, 0.3) is 0 Å². The van der Waals surface area contributed by atoms with E-state index < -0.39 is 0 Å². The average Bonchev–Trinajstić information content (AvgIpc) is 2.66. The summed E-state index contributed by atoms with van der Waals surface area (Å²) in [6.07, 6.45) is 6.41. The van der Waals surface area contributed by atoms with Crippen molar-refractivity contribution in [2.45, 2.75) is 25.4 Å². The van der Waals surface area contributed by atoms with Crippen LogP contribution in [0.3, 0.4) is 0 Å². The Morgan fingerprint density at radius 3 is 3.20 bits per heavy atom. The first-order chi connectivity index (χ1) is 7.36. The Hall–Kier alpha value is -0.930. The fourth-order valence-corrected chi connectivity index (χ4v) is 2.12. The molecule has 1 aromatic rings. The Kier molecular flexibility index (Phi) is 3.69. The van der Waals surface area contributed by atoms with Gasteiger partial charge in [-0.15, -0.1) is 0 Å². The first-order valence-electron chi connectivity index (χ1n) is 5.66. The van der Waals surface area contributed by atoms with E-state index in [9.17, 15) is 0 Å². The highest BCUT2D eigenvalue weighted by molar-refractivity contribution is 5.07. The lowest BCUT2D eigenvalue weighted by Crippen LogP contribution is -2.35. The summed E-state index contributed by atoms with van der Waals surface area (Å²) in [6, 6.07) is 4.82. The van der Waals surface area contributed by atoms with Gasteiger partial charge in [-0.05, 0) is 38.1 Å². The summed E-state index contributed by atoms with van der Waals surface area (Å²) in [5.41, 5.74) is 1.26. The third-order valence-electron chi connectivity index (χ3n) is 3.10. The predicted molar refractivity (Wildman–Crippen MR) is 61.6 cm³/mol. The van der Waals surface area contributed by atoms with Crippen molar-refractivity contribution in [3.8, 4) is 0 Å². The average molecular weight is 205 g/mol. The first kappa shape index (κ1) is 10.6. The third kappa shape index (κ3) is 3.01. The number of nitrogens with zero attached hydrogens (tertiary/aromatic N) is 2. The van der Waals surface area contributed by atoms with Crippen LogP contribution in [0, 0.1) is 0 Å². The van der Waals surface area contributed by atoms with Crippen molar-refractivity contribution in [3.05, 3.63) is 30.1 Å². The van der Waals surface area contributed by atoms with Crippen LogP contribution in [0.25, 0.3) is 0 Å². The molecule has 3 heteroatoms. The fraction of sp³-hybridized carbons (Fsp3) is 0.583. The van der Waals surface area contributed by atoms with Gasteiger partial charge < -0.3 is 10.2 Å². The van der Waals surface area contributed by atoms with Crippen molar-refractivity contribution < 1.29 is 0 Å². The number of nitrogens with one attached hydrogen (secondary N) is 1. The van der Waals surface area contributed by atoms with Crippen molar-refractivity contribution in [2.75, 3.05) is 20.1 Å². The quantitative estimate of drug-likeness (QED) is 0.802. The van der Waals surface area contributed by atoms with E-state index in [4.69, 9.17) is 0 Å². The molecule has 1 aliphatic rings. The van der Waals surface area contributed by atoms with Gasteiger partial charge in [-0.2, -0.15) is 0 Å². The lowest BCUT2D eigenvalue weighted by Gasteiger charge is -2.19. The molecule has 1 atom stereocenters. The molecule has 82 valence electrons. The van der Waals surface area contributed by atoms with E-state index >= 15 is 0 Å². The standard InChI is InChI=1S/C12H19N3/c1-15-7-3-5-12(15)10-14-9-11-4-2-6-13-8-11/h2,4,6,8,12,14H,3,5,7,9-10H2,1H3/t12-/m1/s1. The molecular weight excluding hydrogens is 186 g/mol. The van der Waals surface area contributed by atoms with Gasteiger partial charge in [-0.3, -0.25) is 4.98 Å². The van der Waals surface area contributed by atoms with Crippen molar-refractivity contribution in [3.63, 3.8) is 0 Å². The molecule has 0 amide bonds. The van der Waals surface area contributed by atoms with Crippen molar-refractivity contribution in [1.82, 2.24) is 15.2 Å². The molecule has 15 heavy (non-hydrogen) atoms. The Bertz CT molecular complexity index is 286. The van der Waals surface area contributed by atoms with Crippen LogP contribution < -0.4 is 5.32 Å². The van der Waals surface area contributed by atoms with Crippen molar-refractivity contribution in [2.24, 2.45) is 0 Å². The summed E-state index contributed by atoms with van der Waals surface area (Å²) in [6.45, 7) is 3.27. The van der Waals surface area contributed by atoms with Gasteiger partial charge in [0.1, 0.15) is 0 Å². The van der Waals surface area contributed by atoms with E-state index in [-0.39, 0.29) is 0 Å². The summed E-state index contributed by atoms with van der Waals surface area (Å²) in [5.74, 6) is 0. The molecule has 0 spiro atoms. The van der Waals surface area contributed by atoms with Gasteiger partial charge in [-0.1, -0.05) is 6.07 Å². The molecule has 2 rings (SSSR count). The SMILES string of the molecule is CN1CCC[C@@H]1CNCc1cccnc1. The molecule has 0 aliphatic carbocycles. The highest BCUT2D eigenvalue weighted by Crippen LogP contribution is 2.13. The van der Waals surface area contributed by atoms with E-state index in [1.54, 1.807) is 0 Å². The number of aromatic nitrogens is 1. The van der Waals surface area contributed by atoms with Crippen LogP contribution in [0.5, 0.6) is 0 Å².